The molecule has 84 valence electrons. The lowest BCUT2D eigenvalue weighted by molar-refractivity contribution is -0.146. The molecule has 15 heavy (non-hydrogen) atoms. The molecule has 7 heteroatoms. The Morgan fingerprint density at radius 3 is 2.53 bits per heavy atom. The van der Waals surface area contributed by atoms with Crippen molar-refractivity contribution in [1.82, 2.24) is 9.78 Å². The summed E-state index contributed by atoms with van der Waals surface area (Å²) in [6.07, 6.45) is 0. The van der Waals surface area contributed by atoms with E-state index in [0.717, 1.165) is 4.47 Å². The number of hydrogen-bond donors (Lipinski definition) is 0. The Labute approximate surface area is 113 Å². The summed E-state index contributed by atoms with van der Waals surface area (Å²) >= 11 is 9.93. The van der Waals surface area contributed by atoms with Gasteiger partial charge in [0.2, 0.25) is 0 Å². The van der Waals surface area contributed by atoms with Crippen LogP contribution in [0.5, 0.6) is 0 Å². The lowest BCUT2D eigenvalue weighted by Crippen LogP contribution is -2.20. The van der Waals surface area contributed by atoms with Crippen molar-refractivity contribution in [1.29, 1.82) is 0 Å². The molecule has 0 amide bonds. The highest BCUT2D eigenvalue weighted by molar-refractivity contribution is 9.14. The molecule has 0 radical (unpaired) electrons. The minimum Gasteiger partial charge on any atom is -0.464 e. The second-order valence-corrected chi connectivity index (χ2v) is 5.06. The largest absolute Gasteiger partial charge is 0.464 e. The Bertz CT molecular complexity index is 378. The summed E-state index contributed by atoms with van der Waals surface area (Å²) in [5, 5.41) is 4.15. The second kappa shape index (κ2) is 5.45. The molecule has 0 aliphatic rings. The maximum absolute atomic E-state index is 11.5. The third-order valence-corrected chi connectivity index (χ3v) is 4.88. The zero-order valence-corrected chi connectivity index (χ0v) is 12.9. The minimum atomic E-state index is -0.457. The monoisotopic (exact) mass is 402 g/mol. The van der Waals surface area contributed by atoms with E-state index >= 15 is 0 Å². The number of halogens is 3. The van der Waals surface area contributed by atoms with E-state index in [-0.39, 0.29) is 5.97 Å². The summed E-state index contributed by atoms with van der Waals surface area (Å²) < 4.78 is 8.58. The van der Waals surface area contributed by atoms with Gasteiger partial charge in [0.15, 0.2) is 0 Å². The van der Waals surface area contributed by atoms with Gasteiger partial charge in [-0.1, -0.05) is 0 Å². The average Bonchev–Trinajstić information content (AvgIpc) is 2.45. The van der Waals surface area contributed by atoms with Crippen LogP contribution in [-0.2, 0) is 9.53 Å². The normalized spacial score (nSPS) is 12.6. The lowest BCUT2D eigenvalue weighted by atomic mass is 10.3. The highest BCUT2D eigenvalue weighted by Gasteiger charge is 2.22. The van der Waals surface area contributed by atoms with Gasteiger partial charge < -0.3 is 4.74 Å². The summed E-state index contributed by atoms with van der Waals surface area (Å²) in [5.41, 5.74) is 0. The van der Waals surface area contributed by atoms with Crippen LogP contribution in [0.1, 0.15) is 19.9 Å². The van der Waals surface area contributed by atoms with Crippen molar-refractivity contribution < 1.29 is 9.53 Å². The van der Waals surface area contributed by atoms with Gasteiger partial charge in [-0.05, 0) is 61.6 Å². The van der Waals surface area contributed by atoms with E-state index in [4.69, 9.17) is 4.74 Å². The van der Waals surface area contributed by atoms with E-state index in [1.807, 2.05) is 0 Å². The van der Waals surface area contributed by atoms with Crippen LogP contribution in [0.2, 0.25) is 0 Å². The van der Waals surface area contributed by atoms with Gasteiger partial charge in [-0.3, -0.25) is 0 Å². The molecule has 0 spiro atoms. The fourth-order valence-corrected chi connectivity index (χ4v) is 2.45. The van der Waals surface area contributed by atoms with Crippen LogP contribution in [0.4, 0.5) is 0 Å². The zero-order valence-electron chi connectivity index (χ0n) is 8.13. The number of rotatable bonds is 3. The Balaban J connectivity index is 2.96. The van der Waals surface area contributed by atoms with Crippen molar-refractivity contribution in [3.8, 4) is 0 Å². The van der Waals surface area contributed by atoms with E-state index in [2.05, 4.69) is 52.9 Å². The minimum absolute atomic E-state index is 0.305. The smallest absolute Gasteiger partial charge is 0.330 e. The van der Waals surface area contributed by atoms with Crippen LogP contribution >= 0.6 is 47.8 Å². The first-order chi connectivity index (χ1) is 6.99. The number of carbonyl (C=O) groups is 1. The lowest BCUT2D eigenvalue weighted by Gasteiger charge is -2.11. The molecule has 4 nitrogen and oxygen atoms in total. The average molecular weight is 405 g/mol. The molecule has 0 saturated heterocycles. The highest BCUT2D eigenvalue weighted by atomic mass is 79.9. The maximum atomic E-state index is 11.5. The molecule has 1 aromatic rings. The Morgan fingerprint density at radius 1 is 1.53 bits per heavy atom. The Hall–Kier alpha value is 0.120. The zero-order chi connectivity index (χ0) is 11.6. The van der Waals surface area contributed by atoms with E-state index in [0.29, 0.717) is 15.8 Å². The molecule has 1 atom stereocenters. The van der Waals surface area contributed by atoms with Crippen molar-refractivity contribution in [2.45, 2.75) is 19.9 Å². The molecule has 0 bridgehead atoms. The molecule has 0 aromatic carbocycles. The quantitative estimate of drug-likeness (QED) is 0.726. The van der Waals surface area contributed by atoms with Crippen LogP contribution in [0, 0.1) is 0 Å². The number of aromatic nitrogens is 2. The van der Waals surface area contributed by atoms with Gasteiger partial charge >= 0.3 is 5.97 Å². The van der Waals surface area contributed by atoms with E-state index in [9.17, 15) is 4.79 Å². The topological polar surface area (TPSA) is 44.1 Å². The van der Waals surface area contributed by atoms with Crippen molar-refractivity contribution in [2.24, 2.45) is 0 Å². The second-order valence-electron chi connectivity index (χ2n) is 2.77. The Morgan fingerprint density at radius 2 is 2.13 bits per heavy atom. The van der Waals surface area contributed by atoms with Crippen LogP contribution in [0.25, 0.3) is 0 Å². The van der Waals surface area contributed by atoms with Crippen molar-refractivity contribution in [3.63, 3.8) is 0 Å². The molecule has 0 aliphatic heterocycles. The van der Waals surface area contributed by atoms with Crippen LogP contribution in [0.15, 0.2) is 13.7 Å². The van der Waals surface area contributed by atoms with Gasteiger partial charge in [-0.15, -0.1) is 0 Å². The standard InChI is InChI=1S/C8H9Br3N2O2/c1-3-15-8(14)4(2)13-7(11)5(9)6(10)12-13/h4H,3H2,1-2H3/t4-/m1/s1. The van der Waals surface area contributed by atoms with Crippen LogP contribution in [0.3, 0.4) is 0 Å². The fourth-order valence-electron chi connectivity index (χ4n) is 0.987. The summed E-state index contributed by atoms with van der Waals surface area (Å²) in [6.45, 7) is 3.87. The summed E-state index contributed by atoms with van der Waals surface area (Å²) in [4.78, 5) is 11.5. The van der Waals surface area contributed by atoms with E-state index in [1.165, 1.54) is 0 Å². The van der Waals surface area contributed by atoms with E-state index < -0.39 is 6.04 Å². The van der Waals surface area contributed by atoms with Gasteiger partial charge in [-0.2, -0.15) is 5.10 Å². The SMILES string of the molecule is CCOC(=O)[C@@H](C)n1nc(Br)c(Br)c1Br. The molecular weight excluding hydrogens is 396 g/mol. The Kier molecular flexibility index (Phi) is 4.79. The van der Waals surface area contributed by atoms with Crippen molar-refractivity contribution in [2.75, 3.05) is 6.61 Å². The molecule has 1 aromatic heterocycles. The first-order valence-corrected chi connectivity index (χ1v) is 6.62. The number of carbonyl (C=O) groups excluding carboxylic acids is 1. The molecule has 1 rings (SSSR count). The number of nitrogens with zero attached hydrogens (tertiary/aromatic N) is 2. The van der Waals surface area contributed by atoms with Gasteiger partial charge in [0.25, 0.3) is 0 Å². The third kappa shape index (κ3) is 2.82. The first kappa shape index (κ1) is 13.2. The molecule has 0 fully saturated rings. The molecule has 0 N–H and O–H groups in total. The van der Waals surface area contributed by atoms with Crippen molar-refractivity contribution >= 4 is 53.8 Å². The predicted molar refractivity (Wildman–Crippen MR) is 66.7 cm³/mol. The summed E-state index contributed by atoms with van der Waals surface area (Å²) in [5.74, 6) is -0.305. The summed E-state index contributed by atoms with van der Waals surface area (Å²) in [6, 6.07) is -0.457. The third-order valence-electron chi connectivity index (χ3n) is 1.75. The van der Waals surface area contributed by atoms with Gasteiger partial charge in [-0.25, -0.2) is 9.48 Å². The maximum Gasteiger partial charge on any atom is 0.330 e. The van der Waals surface area contributed by atoms with Gasteiger partial charge in [0, 0.05) is 0 Å². The molecular formula is C8H9Br3N2O2. The number of hydrogen-bond acceptors (Lipinski definition) is 3. The van der Waals surface area contributed by atoms with Gasteiger partial charge in [0.05, 0.1) is 11.1 Å². The van der Waals surface area contributed by atoms with Crippen LogP contribution in [-0.4, -0.2) is 22.4 Å². The molecule has 0 saturated carbocycles. The first-order valence-electron chi connectivity index (χ1n) is 4.24. The fraction of sp³-hybridized carbons (Fsp3) is 0.500. The summed E-state index contributed by atoms with van der Waals surface area (Å²) in [7, 11) is 0. The molecule has 1 heterocycles. The highest BCUT2D eigenvalue weighted by Crippen LogP contribution is 2.32. The van der Waals surface area contributed by atoms with Crippen LogP contribution < -0.4 is 0 Å². The molecule has 0 unspecified atom stereocenters. The number of ether oxygens (including phenoxy) is 1. The van der Waals surface area contributed by atoms with Crippen molar-refractivity contribution in [3.05, 3.63) is 13.7 Å². The van der Waals surface area contributed by atoms with Gasteiger partial charge in [0.1, 0.15) is 15.2 Å². The predicted octanol–water partition coefficient (Wildman–Crippen LogP) is 3.29. The van der Waals surface area contributed by atoms with E-state index in [1.54, 1.807) is 18.5 Å². The number of esters is 1. The molecule has 0 aliphatic carbocycles.